The number of thioether (sulfide) groups is 1. The van der Waals surface area contributed by atoms with Gasteiger partial charge >= 0.3 is 0 Å². The zero-order valence-electron chi connectivity index (χ0n) is 12.5. The first-order valence-corrected chi connectivity index (χ1v) is 8.41. The Morgan fingerprint density at radius 3 is 2.42 bits per heavy atom. The lowest BCUT2D eigenvalue weighted by Gasteiger charge is -2.35. The number of nitrogens with zero attached hydrogens (tertiary/aromatic N) is 1. The molecular weight excluding hydrogens is 276 g/mol. The summed E-state index contributed by atoms with van der Waals surface area (Å²) in [7, 11) is 0. The van der Waals surface area contributed by atoms with Crippen LogP contribution in [0.1, 0.15) is 47.0 Å². The number of carbonyl (C=O) groups excluding carboxylic acids is 1. The molecule has 1 aliphatic heterocycles. The van der Waals surface area contributed by atoms with E-state index in [1.54, 1.807) is 0 Å². The maximum absolute atomic E-state index is 12.8. The van der Waals surface area contributed by atoms with Gasteiger partial charge in [-0.2, -0.15) is 11.8 Å². The van der Waals surface area contributed by atoms with Crippen LogP contribution in [0.3, 0.4) is 0 Å². The molecule has 0 aliphatic carbocycles. The molecule has 19 heavy (non-hydrogen) atoms. The van der Waals surface area contributed by atoms with E-state index in [0.29, 0.717) is 17.8 Å². The van der Waals surface area contributed by atoms with E-state index in [0.717, 1.165) is 25.3 Å². The van der Waals surface area contributed by atoms with Crippen LogP contribution in [0.5, 0.6) is 0 Å². The van der Waals surface area contributed by atoms with Gasteiger partial charge in [-0.1, -0.05) is 39.9 Å². The van der Waals surface area contributed by atoms with Crippen molar-refractivity contribution in [3.05, 3.63) is 0 Å². The lowest BCUT2D eigenvalue weighted by molar-refractivity contribution is -0.138. The number of thiocarbonyl (C=S) groups is 1. The number of carbonyl (C=O) groups is 1. The molecule has 5 heteroatoms. The molecule has 0 unspecified atom stereocenters. The van der Waals surface area contributed by atoms with Gasteiger partial charge in [0, 0.05) is 23.6 Å². The van der Waals surface area contributed by atoms with Gasteiger partial charge in [0.15, 0.2) is 0 Å². The van der Waals surface area contributed by atoms with E-state index in [9.17, 15) is 4.79 Å². The van der Waals surface area contributed by atoms with E-state index >= 15 is 0 Å². The summed E-state index contributed by atoms with van der Waals surface area (Å²) in [4.78, 5) is 15.1. The molecule has 1 aliphatic rings. The minimum Gasteiger partial charge on any atom is -0.392 e. The third-order valence-electron chi connectivity index (χ3n) is 4.21. The van der Waals surface area contributed by atoms with Gasteiger partial charge in [0.25, 0.3) is 0 Å². The molecule has 1 heterocycles. The predicted octanol–water partition coefficient (Wildman–Crippen LogP) is 2.82. The van der Waals surface area contributed by atoms with Gasteiger partial charge in [0.1, 0.15) is 0 Å². The molecule has 0 aromatic rings. The monoisotopic (exact) mass is 302 g/mol. The van der Waals surface area contributed by atoms with Crippen LogP contribution in [-0.4, -0.2) is 39.4 Å². The average Bonchev–Trinajstić information content (AvgIpc) is 2.52. The van der Waals surface area contributed by atoms with Crippen LogP contribution in [0.15, 0.2) is 0 Å². The fourth-order valence-corrected chi connectivity index (χ4v) is 4.01. The highest BCUT2D eigenvalue weighted by Crippen LogP contribution is 2.34. The largest absolute Gasteiger partial charge is 0.392 e. The molecule has 1 fully saturated rings. The molecule has 0 aromatic carbocycles. The molecule has 1 amide bonds. The number of hydrogen-bond donors (Lipinski definition) is 1. The number of nitrogens with two attached hydrogens (primary N) is 1. The van der Waals surface area contributed by atoms with Crippen molar-refractivity contribution in [2.75, 3.05) is 18.8 Å². The second kappa shape index (κ2) is 6.44. The lowest BCUT2D eigenvalue weighted by Crippen LogP contribution is -2.50. The molecule has 0 spiro atoms. The molecule has 0 atom stereocenters. The quantitative estimate of drug-likeness (QED) is 0.811. The van der Waals surface area contributed by atoms with Crippen molar-refractivity contribution < 1.29 is 4.79 Å². The van der Waals surface area contributed by atoms with Crippen LogP contribution < -0.4 is 5.73 Å². The molecule has 1 saturated heterocycles. The summed E-state index contributed by atoms with van der Waals surface area (Å²) in [5.41, 5.74) is 5.23. The number of rotatable bonds is 4. The highest BCUT2D eigenvalue weighted by Gasteiger charge is 2.41. The standard InChI is InChI=1S/C14H26N2OS2/c1-5-14(6-2,11(15)18)12(17)16-8-7-13(3,4)19-10-9-16/h5-10H2,1-4H3,(H2,15,18). The van der Waals surface area contributed by atoms with Crippen LogP contribution in [0, 0.1) is 5.41 Å². The minimum absolute atomic E-state index is 0.128. The van der Waals surface area contributed by atoms with Crippen molar-refractivity contribution >= 4 is 34.9 Å². The second-order valence-electron chi connectivity index (χ2n) is 5.80. The molecule has 1 rings (SSSR count). The molecule has 110 valence electrons. The Kier molecular flexibility index (Phi) is 5.68. The van der Waals surface area contributed by atoms with Gasteiger partial charge < -0.3 is 10.6 Å². The van der Waals surface area contributed by atoms with Crippen molar-refractivity contribution in [2.45, 2.75) is 51.7 Å². The van der Waals surface area contributed by atoms with Crippen molar-refractivity contribution in [1.29, 1.82) is 0 Å². The zero-order valence-corrected chi connectivity index (χ0v) is 14.1. The summed E-state index contributed by atoms with van der Waals surface area (Å²) in [5, 5.41) is 0. The SMILES string of the molecule is CCC(CC)(C(=O)N1CCSC(C)(C)CC1)C(N)=S. The van der Waals surface area contributed by atoms with Crippen molar-refractivity contribution in [1.82, 2.24) is 4.90 Å². The van der Waals surface area contributed by atoms with Gasteiger partial charge in [-0.15, -0.1) is 0 Å². The summed E-state index contributed by atoms with van der Waals surface area (Å²) in [5.74, 6) is 1.11. The van der Waals surface area contributed by atoms with Gasteiger partial charge in [-0.05, 0) is 19.3 Å². The van der Waals surface area contributed by atoms with Gasteiger partial charge in [-0.25, -0.2) is 0 Å². The van der Waals surface area contributed by atoms with Crippen LogP contribution in [0.4, 0.5) is 0 Å². The molecular formula is C14H26N2OS2. The van der Waals surface area contributed by atoms with Crippen LogP contribution in [-0.2, 0) is 4.79 Å². The highest BCUT2D eigenvalue weighted by molar-refractivity contribution is 8.00. The van der Waals surface area contributed by atoms with E-state index in [1.807, 2.05) is 30.5 Å². The summed E-state index contributed by atoms with van der Waals surface area (Å²) in [6.45, 7) is 10.1. The Balaban J connectivity index is 2.89. The summed E-state index contributed by atoms with van der Waals surface area (Å²) in [6, 6.07) is 0. The molecule has 0 radical (unpaired) electrons. The first kappa shape index (κ1) is 16.8. The summed E-state index contributed by atoms with van der Waals surface area (Å²) < 4.78 is 0.249. The molecule has 3 nitrogen and oxygen atoms in total. The van der Waals surface area contributed by atoms with E-state index in [2.05, 4.69) is 13.8 Å². The third-order valence-corrected chi connectivity index (χ3v) is 5.98. The van der Waals surface area contributed by atoms with E-state index in [-0.39, 0.29) is 10.7 Å². The Morgan fingerprint density at radius 2 is 1.95 bits per heavy atom. The van der Waals surface area contributed by atoms with E-state index in [1.165, 1.54) is 0 Å². The Labute approximate surface area is 126 Å². The second-order valence-corrected chi connectivity index (χ2v) is 8.05. The maximum Gasteiger partial charge on any atom is 0.235 e. The first-order valence-electron chi connectivity index (χ1n) is 7.02. The normalized spacial score (nSPS) is 19.9. The Morgan fingerprint density at radius 1 is 1.37 bits per heavy atom. The van der Waals surface area contributed by atoms with Crippen LogP contribution >= 0.6 is 24.0 Å². The fourth-order valence-electron chi connectivity index (χ4n) is 2.53. The highest BCUT2D eigenvalue weighted by atomic mass is 32.2. The van der Waals surface area contributed by atoms with Crippen molar-refractivity contribution in [3.63, 3.8) is 0 Å². The maximum atomic E-state index is 12.8. The Bertz CT molecular complexity index is 351. The summed E-state index contributed by atoms with van der Waals surface area (Å²) >= 11 is 7.12. The zero-order chi connectivity index (χ0) is 14.7. The molecule has 0 saturated carbocycles. The van der Waals surface area contributed by atoms with Crippen molar-refractivity contribution in [2.24, 2.45) is 11.1 Å². The minimum atomic E-state index is -0.644. The molecule has 0 bridgehead atoms. The van der Waals surface area contributed by atoms with Crippen LogP contribution in [0.2, 0.25) is 0 Å². The van der Waals surface area contributed by atoms with Gasteiger partial charge in [-0.3, -0.25) is 4.79 Å². The van der Waals surface area contributed by atoms with Crippen LogP contribution in [0.25, 0.3) is 0 Å². The number of hydrogen-bond acceptors (Lipinski definition) is 3. The summed E-state index contributed by atoms with van der Waals surface area (Å²) in [6.07, 6.45) is 2.39. The van der Waals surface area contributed by atoms with Gasteiger partial charge in [0.2, 0.25) is 5.91 Å². The first-order chi connectivity index (χ1) is 8.79. The smallest absolute Gasteiger partial charge is 0.235 e. The molecule has 0 aromatic heterocycles. The topological polar surface area (TPSA) is 46.3 Å². The molecule has 2 N–H and O–H groups in total. The predicted molar refractivity (Wildman–Crippen MR) is 87.5 cm³/mol. The number of amides is 1. The van der Waals surface area contributed by atoms with E-state index in [4.69, 9.17) is 18.0 Å². The van der Waals surface area contributed by atoms with E-state index < -0.39 is 5.41 Å². The lowest BCUT2D eigenvalue weighted by atomic mass is 9.80. The fraction of sp³-hybridized carbons (Fsp3) is 0.857. The average molecular weight is 303 g/mol. The Hall–Kier alpha value is -0.290. The van der Waals surface area contributed by atoms with Gasteiger partial charge in [0.05, 0.1) is 10.4 Å². The third kappa shape index (κ3) is 3.63. The van der Waals surface area contributed by atoms with Crippen molar-refractivity contribution in [3.8, 4) is 0 Å².